The molecular weight excluding hydrogens is 212 g/mol. The predicted molar refractivity (Wildman–Crippen MR) is 71.7 cm³/mol. The highest BCUT2D eigenvalue weighted by Crippen LogP contribution is 2.34. The van der Waals surface area contributed by atoms with Crippen molar-refractivity contribution < 1.29 is 9.84 Å². The van der Waals surface area contributed by atoms with E-state index in [-0.39, 0.29) is 12.0 Å². The van der Waals surface area contributed by atoms with Gasteiger partial charge in [-0.05, 0) is 41.9 Å². The molecule has 0 atom stereocenters. The summed E-state index contributed by atoms with van der Waals surface area (Å²) < 4.78 is 5.44. The molecule has 0 aliphatic heterocycles. The summed E-state index contributed by atoms with van der Waals surface area (Å²) in [4.78, 5) is 0. The van der Waals surface area contributed by atoms with Crippen LogP contribution >= 0.6 is 0 Å². The highest BCUT2D eigenvalue weighted by molar-refractivity contribution is 5.42. The molecule has 2 heteroatoms. The summed E-state index contributed by atoms with van der Waals surface area (Å²) in [7, 11) is 1.72. The van der Waals surface area contributed by atoms with Gasteiger partial charge >= 0.3 is 0 Å². The maximum Gasteiger partial charge on any atom is 0.122 e. The fraction of sp³-hybridized carbons (Fsp3) is 0.600. The normalized spacial score (nSPS) is 11.6. The van der Waals surface area contributed by atoms with Crippen molar-refractivity contribution in [2.45, 2.75) is 45.4 Å². The lowest BCUT2D eigenvalue weighted by atomic mass is 9.80. The van der Waals surface area contributed by atoms with E-state index in [1.807, 2.05) is 6.07 Å². The van der Waals surface area contributed by atoms with Crippen LogP contribution in [0.1, 0.15) is 44.7 Å². The van der Waals surface area contributed by atoms with Gasteiger partial charge < -0.3 is 9.84 Å². The van der Waals surface area contributed by atoms with E-state index in [0.29, 0.717) is 0 Å². The van der Waals surface area contributed by atoms with Gasteiger partial charge in [-0.3, -0.25) is 0 Å². The molecule has 0 aromatic heterocycles. The minimum Gasteiger partial charge on any atom is -0.496 e. The third-order valence-electron chi connectivity index (χ3n) is 3.50. The van der Waals surface area contributed by atoms with Crippen molar-refractivity contribution in [2.24, 2.45) is 0 Å². The standard InChI is InChI=1S/C15H24O2/c1-5-15(2,3)13-11-12(7-6-10-16)8-9-14(13)17-4/h8-9,11,16H,5-7,10H2,1-4H3. The van der Waals surface area contributed by atoms with E-state index in [0.717, 1.165) is 25.0 Å². The third kappa shape index (κ3) is 3.47. The number of aliphatic hydroxyl groups is 1. The van der Waals surface area contributed by atoms with Crippen LogP contribution in [0, 0.1) is 0 Å². The van der Waals surface area contributed by atoms with Crippen molar-refractivity contribution in [2.75, 3.05) is 13.7 Å². The van der Waals surface area contributed by atoms with E-state index in [1.165, 1.54) is 11.1 Å². The molecule has 0 fully saturated rings. The molecule has 0 saturated heterocycles. The van der Waals surface area contributed by atoms with Crippen LogP contribution < -0.4 is 4.74 Å². The number of aryl methyl sites for hydroxylation is 1. The fourth-order valence-corrected chi connectivity index (χ4v) is 1.91. The Morgan fingerprint density at radius 1 is 1.29 bits per heavy atom. The van der Waals surface area contributed by atoms with Gasteiger partial charge in [-0.25, -0.2) is 0 Å². The maximum absolute atomic E-state index is 8.88. The second-order valence-electron chi connectivity index (χ2n) is 5.10. The molecule has 96 valence electrons. The van der Waals surface area contributed by atoms with Crippen molar-refractivity contribution in [1.82, 2.24) is 0 Å². The molecule has 1 N–H and O–H groups in total. The van der Waals surface area contributed by atoms with Gasteiger partial charge in [-0.2, -0.15) is 0 Å². The smallest absolute Gasteiger partial charge is 0.122 e. The van der Waals surface area contributed by atoms with Gasteiger partial charge in [0.15, 0.2) is 0 Å². The lowest BCUT2D eigenvalue weighted by Crippen LogP contribution is -2.17. The monoisotopic (exact) mass is 236 g/mol. The zero-order valence-corrected chi connectivity index (χ0v) is 11.4. The number of methoxy groups -OCH3 is 1. The van der Waals surface area contributed by atoms with Crippen LogP contribution in [0.4, 0.5) is 0 Å². The van der Waals surface area contributed by atoms with Crippen LogP contribution in [0.15, 0.2) is 18.2 Å². The maximum atomic E-state index is 8.88. The minimum atomic E-state index is 0.126. The zero-order valence-electron chi connectivity index (χ0n) is 11.4. The molecule has 17 heavy (non-hydrogen) atoms. The lowest BCUT2D eigenvalue weighted by molar-refractivity contribution is 0.288. The molecule has 0 aliphatic rings. The summed E-state index contributed by atoms with van der Waals surface area (Å²) in [5, 5.41) is 8.88. The van der Waals surface area contributed by atoms with E-state index < -0.39 is 0 Å². The quantitative estimate of drug-likeness (QED) is 0.821. The van der Waals surface area contributed by atoms with Crippen molar-refractivity contribution in [3.8, 4) is 5.75 Å². The van der Waals surface area contributed by atoms with Crippen LogP contribution in [0.25, 0.3) is 0 Å². The second-order valence-corrected chi connectivity index (χ2v) is 5.10. The fourth-order valence-electron chi connectivity index (χ4n) is 1.91. The van der Waals surface area contributed by atoms with Crippen LogP contribution in [0.3, 0.4) is 0 Å². The second kappa shape index (κ2) is 6.06. The molecule has 1 aromatic rings. The van der Waals surface area contributed by atoms with E-state index in [4.69, 9.17) is 9.84 Å². The lowest BCUT2D eigenvalue weighted by Gasteiger charge is -2.26. The van der Waals surface area contributed by atoms with Crippen molar-refractivity contribution in [1.29, 1.82) is 0 Å². The van der Waals surface area contributed by atoms with Crippen LogP contribution in [0.5, 0.6) is 5.75 Å². The first-order valence-electron chi connectivity index (χ1n) is 6.33. The summed E-state index contributed by atoms with van der Waals surface area (Å²) in [6.07, 6.45) is 2.82. The Morgan fingerprint density at radius 3 is 2.53 bits per heavy atom. The molecule has 0 amide bonds. The Hall–Kier alpha value is -1.02. The molecule has 0 saturated carbocycles. The summed E-state index contributed by atoms with van der Waals surface area (Å²) in [5.74, 6) is 0.963. The Bertz CT molecular complexity index is 356. The molecule has 0 aliphatic carbocycles. The van der Waals surface area contributed by atoms with Gasteiger partial charge in [0.25, 0.3) is 0 Å². The van der Waals surface area contributed by atoms with Crippen molar-refractivity contribution >= 4 is 0 Å². The highest BCUT2D eigenvalue weighted by Gasteiger charge is 2.22. The largest absolute Gasteiger partial charge is 0.496 e. The van der Waals surface area contributed by atoms with Crippen LogP contribution in [-0.4, -0.2) is 18.8 Å². The van der Waals surface area contributed by atoms with Gasteiger partial charge in [0.2, 0.25) is 0 Å². The minimum absolute atomic E-state index is 0.126. The molecule has 2 nitrogen and oxygen atoms in total. The van der Waals surface area contributed by atoms with E-state index in [1.54, 1.807) is 7.11 Å². The number of ether oxygens (including phenoxy) is 1. The van der Waals surface area contributed by atoms with Gasteiger partial charge in [-0.1, -0.05) is 32.9 Å². The third-order valence-corrected chi connectivity index (χ3v) is 3.50. The highest BCUT2D eigenvalue weighted by atomic mass is 16.5. The zero-order chi connectivity index (χ0) is 12.9. The number of rotatable bonds is 6. The summed E-state index contributed by atoms with van der Waals surface area (Å²) >= 11 is 0. The topological polar surface area (TPSA) is 29.5 Å². The average Bonchev–Trinajstić information content (AvgIpc) is 2.36. The first-order valence-corrected chi connectivity index (χ1v) is 6.33. The molecule has 0 bridgehead atoms. The van der Waals surface area contributed by atoms with Gasteiger partial charge in [0, 0.05) is 6.61 Å². The Labute approximate surface area is 105 Å². The Morgan fingerprint density at radius 2 is 2.00 bits per heavy atom. The number of hydrogen-bond donors (Lipinski definition) is 1. The molecule has 0 heterocycles. The number of benzene rings is 1. The van der Waals surface area contributed by atoms with Crippen LogP contribution in [0.2, 0.25) is 0 Å². The van der Waals surface area contributed by atoms with Crippen molar-refractivity contribution in [3.63, 3.8) is 0 Å². The Balaban J connectivity index is 3.06. The number of hydrogen-bond acceptors (Lipinski definition) is 2. The van der Waals surface area contributed by atoms with E-state index in [9.17, 15) is 0 Å². The molecule has 0 unspecified atom stereocenters. The van der Waals surface area contributed by atoms with Gasteiger partial charge in [0.1, 0.15) is 5.75 Å². The first-order chi connectivity index (χ1) is 8.05. The van der Waals surface area contributed by atoms with E-state index >= 15 is 0 Å². The first kappa shape index (κ1) is 14.0. The number of aliphatic hydroxyl groups excluding tert-OH is 1. The molecule has 1 aromatic carbocycles. The SMILES string of the molecule is CCC(C)(C)c1cc(CCCO)ccc1OC. The summed E-state index contributed by atoms with van der Waals surface area (Å²) in [5.41, 5.74) is 2.66. The summed E-state index contributed by atoms with van der Waals surface area (Å²) in [6, 6.07) is 6.35. The Kier molecular flexibility index (Phi) is 5.01. The predicted octanol–water partition coefficient (Wildman–Crippen LogP) is 3.31. The van der Waals surface area contributed by atoms with Crippen LogP contribution in [-0.2, 0) is 11.8 Å². The molecule has 1 rings (SSSR count). The molecule has 0 radical (unpaired) electrons. The summed E-state index contributed by atoms with van der Waals surface area (Å²) in [6.45, 7) is 6.92. The molecular formula is C15H24O2. The average molecular weight is 236 g/mol. The van der Waals surface area contributed by atoms with Crippen molar-refractivity contribution in [3.05, 3.63) is 29.3 Å². The van der Waals surface area contributed by atoms with Gasteiger partial charge in [-0.15, -0.1) is 0 Å². The molecule has 0 spiro atoms. The van der Waals surface area contributed by atoms with Gasteiger partial charge in [0.05, 0.1) is 7.11 Å². The van der Waals surface area contributed by atoms with E-state index in [2.05, 4.69) is 32.9 Å².